The first-order valence-electron chi connectivity index (χ1n) is 13.1. The zero-order valence-electron chi connectivity index (χ0n) is 22.5. The number of halogens is 1. The van der Waals surface area contributed by atoms with E-state index in [0.717, 1.165) is 18.7 Å². The lowest BCUT2D eigenvalue weighted by atomic mass is 9.89. The fourth-order valence-corrected chi connectivity index (χ4v) is 5.35. The van der Waals surface area contributed by atoms with E-state index >= 15 is 0 Å². The summed E-state index contributed by atoms with van der Waals surface area (Å²) in [5, 5.41) is 9.17. The Bertz CT molecular complexity index is 1540. The van der Waals surface area contributed by atoms with Crippen LogP contribution in [0.25, 0.3) is 11.3 Å². The van der Waals surface area contributed by atoms with Gasteiger partial charge in [-0.05, 0) is 50.7 Å². The summed E-state index contributed by atoms with van der Waals surface area (Å²) in [6, 6.07) is 6.38. The predicted molar refractivity (Wildman–Crippen MR) is 151 cm³/mol. The summed E-state index contributed by atoms with van der Waals surface area (Å²) in [6.07, 6.45) is 6.74. The van der Waals surface area contributed by atoms with Crippen molar-refractivity contribution in [2.45, 2.75) is 24.8 Å². The molecule has 5 rings (SSSR count). The molecule has 2 aliphatic heterocycles. The van der Waals surface area contributed by atoms with Crippen molar-refractivity contribution in [3.8, 4) is 28.8 Å². The minimum Gasteiger partial charge on any atom is -0.492 e. The number of aromatic amines is 1. The molecule has 10 heteroatoms. The van der Waals surface area contributed by atoms with E-state index in [9.17, 15) is 14.0 Å². The Morgan fingerprint density at radius 3 is 2.98 bits per heavy atom. The van der Waals surface area contributed by atoms with Gasteiger partial charge in [-0.1, -0.05) is 24.5 Å². The Balaban J connectivity index is 1.63. The third kappa shape index (κ3) is 5.28. The molecule has 0 unspecified atom stereocenters. The summed E-state index contributed by atoms with van der Waals surface area (Å²) < 4.78 is 19.8. The van der Waals surface area contributed by atoms with Crippen molar-refractivity contribution in [1.82, 2.24) is 25.5 Å². The highest BCUT2D eigenvalue weighted by molar-refractivity contribution is 6.06. The number of anilines is 2. The van der Waals surface area contributed by atoms with Crippen molar-refractivity contribution in [3.63, 3.8) is 0 Å². The maximum atomic E-state index is 14.5. The minimum atomic E-state index is -0.754. The van der Waals surface area contributed by atoms with Crippen LogP contribution >= 0.6 is 0 Å². The lowest BCUT2D eigenvalue weighted by Gasteiger charge is -2.38. The predicted octanol–water partition coefficient (Wildman–Crippen LogP) is 3.37. The molecule has 2 amide bonds. The molecule has 0 spiro atoms. The van der Waals surface area contributed by atoms with Crippen LogP contribution in [0.15, 0.2) is 49.3 Å². The van der Waals surface area contributed by atoms with Gasteiger partial charge in [0.2, 0.25) is 5.91 Å². The molecule has 0 bridgehead atoms. The van der Waals surface area contributed by atoms with Gasteiger partial charge in [0, 0.05) is 43.2 Å². The second-order valence-corrected chi connectivity index (χ2v) is 9.97. The van der Waals surface area contributed by atoms with E-state index in [1.165, 1.54) is 19.3 Å². The van der Waals surface area contributed by atoms with E-state index in [-0.39, 0.29) is 17.6 Å². The zero-order valence-corrected chi connectivity index (χ0v) is 22.5. The zero-order chi connectivity index (χ0) is 28.3. The third-order valence-electron chi connectivity index (χ3n) is 7.15. The summed E-state index contributed by atoms with van der Waals surface area (Å²) in [6.45, 7) is 5.57. The number of H-pyrrole nitrogens is 1. The number of fused-ring (bicyclic) bond motifs is 1. The van der Waals surface area contributed by atoms with Gasteiger partial charge in [0.15, 0.2) is 11.6 Å². The highest BCUT2D eigenvalue weighted by Crippen LogP contribution is 2.40. The number of likely N-dealkylation sites (N-methyl/N-ethyl adjacent to an activating group) is 1. The molecular formula is C30H31FN6O3. The largest absolute Gasteiger partial charge is 0.492 e. The number of hydrogen-bond donors (Lipinski definition) is 4. The molecule has 2 aliphatic rings. The monoisotopic (exact) mass is 542 g/mol. The SMILES string of the molecule is C=CC(=O)N[C@]1(C#Cc2cnccc2-c2[nH]c3c(c2Nc2cccc(F)c2OC)C(=O)NCC3)CCCN(C)C1. The van der Waals surface area contributed by atoms with E-state index in [0.29, 0.717) is 59.7 Å². The highest BCUT2D eigenvalue weighted by Gasteiger charge is 2.34. The van der Waals surface area contributed by atoms with E-state index in [4.69, 9.17) is 4.74 Å². The molecule has 1 fully saturated rings. The van der Waals surface area contributed by atoms with Crippen molar-refractivity contribution >= 4 is 23.2 Å². The van der Waals surface area contributed by atoms with Gasteiger partial charge in [0.05, 0.1) is 35.3 Å². The summed E-state index contributed by atoms with van der Waals surface area (Å²) in [5.74, 6) is 5.59. The number of methoxy groups -OCH3 is 1. The fraction of sp³-hybridized carbons (Fsp3) is 0.300. The molecule has 0 saturated carbocycles. The van der Waals surface area contributed by atoms with Crippen molar-refractivity contribution < 1.29 is 18.7 Å². The van der Waals surface area contributed by atoms with Gasteiger partial charge in [0.1, 0.15) is 5.54 Å². The maximum Gasteiger partial charge on any atom is 0.255 e. The van der Waals surface area contributed by atoms with Crippen molar-refractivity contribution in [1.29, 1.82) is 0 Å². The number of carbonyl (C=O) groups is 2. The molecule has 1 saturated heterocycles. The van der Waals surface area contributed by atoms with Gasteiger partial charge in [-0.15, -0.1) is 0 Å². The molecule has 4 N–H and O–H groups in total. The number of pyridine rings is 1. The van der Waals surface area contributed by atoms with Crippen LogP contribution in [0.4, 0.5) is 15.8 Å². The molecular weight excluding hydrogens is 511 g/mol. The number of benzene rings is 1. The van der Waals surface area contributed by atoms with Crippen LogP contribution in [0, 0.1) is 17.7 Å². The van der Waals surface area contributed by atoms with Crippen LogP contribution < -0.4 is 20.7 Å². The molecule has 2 aromatic heterocycles. The molecule has 206 valence electrons. The quantitative estimate of drug-likeness (QED) is 0.281. The molecule has 0 radical (unpaired) electrons. The lowest BCUT2D eigenvalue weighted by Crippen LogP contribution is -2.56. The molecule has 40 heavy (non-hydrogen) atoms. The molecule has 1 atom stereocenters. The van der Waals surface area contributed by atoms with E-state index in [2.05, 4.69) is 49.2 Å². The molecule has 4 heterocycles. The standard InChI is InChI=1S/C30H31FN6O3/c1-4-24(38)36-30(12-6-16-37(2)18-30)13-9-19-17-32-14-10-20(19)26-27(25-22(34-26)11-15-33-29(25)39)35-23-8-5-7-21(31)28(23)40-3/h4-5,7-8,10,14,17,34-35H,1,6,11-12,15-16,18H2,2-3H3,(H,33,39)(H,36,38)/t30-/m0/s1. The van der Waals surface area contributed by atoms with Gasteiger partial charge in [-0.2, -0.15) is 0 Å². The van der Waals surface area contributed by atoms with Gasteiger partial charge >= 0.3 is 0 Å². The Hall–Kier alpha value is -4.62. The first-order chi connectivity index (χ1) is 19.3. The van der Waals surface area contributed by atoms with Crippen LogP contribution in [-0.2, 0) is 11.2 Å². The first kappa shape index (κ1) is 27.0. The summed E-state index contributed by atoms with van der Waals surface area (Å²) >= 11 is 0. The van der Waals surface area contributed by atoms with Crippen LogP contribution in [0.3, 0.4) is 0 Å². The number of carbonyl (C=O) groups excluding carboxylic acids is 2. The average Bonchev–Trinajstić information content (AvgIpc) is 3.31. The van der Waals surface area contributed by atoms with E-state index < -0.39 is 11.4 Å². The van der Waals surface area contributed by atoms with Crippen molar-refractivity contribution in [2.75, 3.05) is 39.1 Å². The molecule has 9 nitrogen and oxygen atoms in total. The van der Waals surface area contributed by atoms with Crippen LogP contribution in [0.2, 0.25) is 0 Å². The number of likely N-dealkylation sites (tertiary alicyclic amines) is 1. The number of nitrogens with zero attached hydrogens (tertiary/aromatic N) is 2. The number of hydrogen-bond acceptors (Lipinski definition) is 6. The maximum absolute atomic E-state index is 14.5. The van der Waals surface area contributed by atoms with Crippen LogP contribution in [0.5, 0.6) is 5.75 Å². The third-order valence-corrected chi connectivity index (χ3v) is 7.15. The van der Waals surface area contributed by atoms with Gasteiger partial charge < -0.3 is 30.6 Å². The van der Waals surface area contributed by atoms with Crippen LogP contribution in [0.1, 0.15) is 34.5 Å². The lowest BCUT2D eigenvalue weighted by molar-refractivity contribution is -0.118. The number of amides is 2. The number of para-hydroxylation sites is 1. The van der Waals surface area contributed by atoms with Crippen LogP contribution in [-0.4, -0.2) is 66.0 Å². The van der Waals surface area contributed by atoms with Crippen molar-refractivity contribution in [3.05, 3.63) is 72.0 Å². The number of nitrogens with one attached hydrogen (secondary N) is 4. The second-order valence-electron chi connectivity index (χ2n) is 9.97. The summed E-state index contributed by atoms with van der Waals surface area (Å²) in [4.78, 5) is 35.2. The summed E-state index contributed by atoms with van der Waals surface area (Å²) in [7, 11) is 3.39. The van der Waals surface area contributed by atoms with Crippen molar-refractivity contribution in [2.24, 2.45) is 0 Å². The smallest absolute Gasteiger partial charge is 0.255 e. The van der Waals surface area contributed by atoms with Gasteiger partial charge in [0.25, 0.3) is 5.91 Å². The Labute approximate surface area is 232 Å². The number of piperidine rings is 1. The Morgan fingerprint density at radius 1 is 1.35 bits per heavy atom. The van der Waals surface area contributed by atoms with E-state index in [1.807, 2.05) is 13.1 Å². The molecule has 1 aromatic carbocycles. The summed E-state index contributed by atoms with van der Waals surface area (Å²) in [5.41, 5.74) is 3.25. The molecule has 3 aromatic rings. The first-order valence-corrected chi connectivity index (χ1v) is 13.1. The van der Waals surface area contributed by atoms with Gasteiger partial charge in [-0.25, -0.2) is 4.39 Å². The van der Waals surface area contributed by atoms with E-state index in [1.54, 1.807) is 24.5 Å². The molecule has 0 aliphatic carbocycles. The minimum absolute atomic E-state index is 0.0377. The second kappa shape index (κ2) is 11.2. The number of ether oxygens (including phenoxy) is 1. The average molecular weight is 543 g/mol. The Morgan fingerprint density at radius 2 is 2.20 bits per heavy atom. The highest BCUT2D eigenvalue weighted by atomic mass is 19.1. The fourth-order valence-electron chi connectivity index (χ4n) is 5.35. The normalized spacial score (nSPS) is 18.5. The number of aromatic nitrogens is 2. The van der Waals surface area contributed by atoms with Gasteiger partial charge in [-0.3, -0.25) is 14.6 Å². The number of rotatable bonds is 6. The Kier molecular flexibility index (Phi) is 7.58. The topological polar surface area (TPSA) is 111 Å².